The Morgan fingerprint density at radius 2 is 1.92 bits per heavy atom. The van der Waals surface area contributed by atoms with Crippen molar-refractivity contribution in [3.8, 4) is 11.5 Å². The Balaban J connectivity index is 1.50. The van der Waals surface area contributed by atoms with Gasteiger partial charge in [-0.1, -0.05) is 29.8 Å². The normalized spacial score (nSPS) is 12.7. The van der Waals surface area contributed by atoms with E-state index in [0.717, 1.165) is 27.0 Å². The van der Waals surface area contributed by atoms with E-state index < -0.39 is 0 Å². The highest BCUT2D eigenvalue weighted by Gasteiger charge is 2.14. The summed E-state index contributed by atoms with van der Waals surface area (Å²) in [5.74, 6) is 2.32. The molecular weight excluding hydrogens is 358 g/mol. The van der Waals surface area contributed by atoms with E-state index >= 15 is 0 Å². The van der Waals surface area contributed by atoms with Gasteiger partial charge < -0.3 is 14.4 Å². The van der Waals surface area contributed by atoms with Crippen molar-refractivity contribution in [2.45, 2.75) is 17.9 Å². The molecule has 0 saturated carbocycles. The highest BCUT2D eigenvalue weighted by Crippen LogP contribution is 2.31. The van der Waals surface area contributed by atoms with E-state index in [1.165, 1.54) is 0 Å². The van der Waals surface area contributed by atoms with Crippen LogP contribution in [0.15, 0.2) is 47.4 Å². The van der Waals surface area contributed by atoms with Crippen molar-refractivity contribution >= 4 is 29.3 Å². The van der Waals surface area contributed by atoms with Crippen LogP contribution in [0.3, 0.4) is 0 Å². The zero-order chi connectivity index (χ0) is 17.6. The molecule has 0 radical (unpaired) electrons. The third kappa shape index (κ3) is 4.83. The van der Waals surface area contributed by atoms with Crippen LogP contribution >= 0.6 is 23.4 Å². The van der Waals surface area contributed by atoms with Gasteiger partial charge in [0.05, 0.1) is 5.02 Å². The molecule has 0 saturated heterocycles. The van der Waals surface area contributed by atoms with Crippen molar-refractivity contribution in [2.24, 2.45) is 0 Å². The number of rotatable bonds is 6. The molecule has 0 aromatic heterocycles. The SMILES string of the molecule is CN(Cc1ccc2c(c1)OCCO2)C(=O)CCSc1ccccc1Cl. The van der Waals surface area contributed by atoms with Crippen LogP contribution in [0, 0.1) is 0 Å². The third-order valence-electron chi connectivity index (χ3n) is 3.86. The van der Waals surface area contributed by atoms with Gasteiger partial charge in [-0.3, -0.25) is 4.79 Å². The second-order valence-electron chi connectivity index (χ2n) is 5.76. The van der Waals surface area contributed by atoms with Gasteiger partial charge in [-0.05, 0) is 29.8 Å². The molecule has 6 heteroatoms. The molecule has 0 N–H and O–H groups in total. The number of benzene rings is 2. The number of hydrogen-bond donors (Lipinski definition) is 0. The molecule has 1 amide bonds. The van der Waals surface area contributed by atoms with Crippen molar-refractivity contribution in [1.82, 2.24) is 4.90 Å². The zero-order valence-corrected chi connectivity index (χ0v) is 15.6. The van der Waals surface area contributed by atoms with Crippen molar-refractivity contribution in [1.29, 1.82) is 0 Å². The van der Waals surface area contributed by atoms with Crippen LogP contribution in [-0.2, 0) is 11.3 Å². The Kier molecular flexibility index (Phi) is 6.10. The fourth-order valence-electron chi connectivity index (χ4n) is 2.55. The molecule has 132 valence electrons. The molecule has 0 unspecified atom stereocenters. The lowest BCUT2D eigenvalue weighted by Gasteiger charge is -2.21. The molecule has 0 bridgehead atoms. The summed E-state index contributed by atoms with van der Waals surface area (Å²) in [7, 11) is 1.82. The molecule has 0 spiro atoms. The van der Waals surface area contributed by atoms with Crippen molar-refractivity contribution in [3.05, 3.63) is 53.1 Å². The maximum Gasteiger partial charge on any atom is 0.223 e. The third-order valence-corrected chi connectivity index (χ3v) is 5.38. The molecule has 1 aliphatic rings. The first kappa shape index (κ1) is 18.0. The predicted octanol–water partition coefficient (Wildman–Crippen LogP) is 4.25. The van der Waals surface area contributed by atoms with Gasteiger partial charge >= 0.3 is 0 Å². The molecule has 2 aromatic rings. The Bertz CT molecular complexity index is 753. The van der Waals surface area contributed by atoms with Gasteiger partial charge in [-0.25, -0.2) is 0 Å². The Hall–Kier alpha value is -1.85. The van der Waals surface area contributed by atoms with E-state index in [4.69, 9.17) is 21.1 Å². The van der Waals surface area contributed by atoms with Crippen LogP contribution in [0.2, 0.25) is 5.02 Å². The van der Waals surface area contributed by atoms with Crippen molar-refractivity contribution in [3.63, 3.8) is 0 Å². The minimum absolute atomic E-state index is 0.106. The van der Waals surface area contributed by atoms with E-state index in [-0.39, 0.29) is 5.91 Å². The first-order valence-electron chi connectivity index (χ1n) is 8.13. The number of ether oxygens (including phenoxy) is 2. The highest BCUT2D eigenvalue weighted by molar-refractivity contribution is 7.99. The lowest BCUT2D eigenvalue weighted by Crippen LogP contribution is -2.26. The second kappa shape index (κ2) is 8.50. The molecule has 2 aromatic carbocycles. The van der Waals surface area contributed by atoms with Gasteiger partial charge in [-0.15, -0.1) is 11.8 Å². The number of thioether (sulfide) groups is 1. The topological polar surface area (TPSA) is 38.8 Å². The summed E-state index contributed by atoms with van der Waals surface area (Å²) in [6, 6.07) is 13.5. The number of amides is 1. The molecule has 25 heavy (non-hydrogen) atoms. The van der Waals surface area contributed by atoms with E-state index in [0.29, 0.717) is 31.9 Å². The van der Waals surface area contributed by atoms with Crippen LogP contribution in [-0.4, -0.2) is 36.8 Å². The number of fused-ring (bicyclic) bond motifs is 1. The van der Waals surface area contributed by atoms with Crippen LogP contribution < -0.4 is 9.47 Å². The molecule has 0 atom stereocenters. The number of carbonyl (C=O) groups excluding carboxylic acids is 1. The summed E-state index contributed by atoms with van der Waals surface area (Å²) in [4.78, 5) is 15.1. The van der Waals surface area contributed by atoms with Crippen LogP contribution in [0.1, 0.15) is 12.0 Å². The molecule has 1 aliphatic heterocycles. The van der Waals surface area contributed by atoms with E-state index in [1.807, 2.05) is 49.5 Å². The summed E-state index contributed by atoms with van der Waals surface area (Å²) < 4.78 is 11.1. The molecule has 4 nitrogen and oxygen atoms in total. The van der Waals surface area contributed by atoms with Crippen LogP contribution in [0.5, 0.6) is 11.5 Å². The lowest BCUT2D eigenvalue weighted by molar-refractivity contribution is -0.129. The number of nitrogens with zero attached hydrogens (tertiary/aromatic N) is 1. The smallest absolute Gasteiger partial charge is 0.223 e. The fraction of sp³-hybridized carbons (Fsp3) is 0.316. The summed E-state index contributed by atoms with van der Waals surface area (Å²) >= 11 is 7.73. The second-order valence-corrected chi connectivity index (χ2v) is 7.30. The Labute approximate surface area is 157 Å². The van der Waals surface area contributed by atoms with Gasteiger partial charge in [0.25, 0.3) is 0 Å². The molecular formula is C19H20ClNO3S. The Morgan fingerprint density at radius 3 is 2.72 bits per heavy atom. The first-order valence-corrected chi connectivity index (χ1v) is 9.49. The monoisotopic (exact) mass is 377 g/mol. The van der Waals surface area contributed by atoms with Gasteiger partial charge in [0, 0.05) is 30.7 Å². The minimum Gasteiger partial charge on any atom is -0.486 e. The van der Waals surface area contributed by atoms with Crippen LogP contribution in [0.25, 0.3) is 0 Å². The van der Waals surface area contributed by atoms with E-state index in [2.05, 4.69) is 0 Å². The fourth-order valence-corrected chi connectivity index (χ4v) is 3.73. The van der Waals surface area contributed by atoms with Crippen molar-refractivity contribution in [2.75, 3.05) is 26.0 Å². The van der Waals surface area contributed by atoms with Gasteiger partial charge in [0.1, 0.15) is 13.2 Å². The summed E-state index contributed by atoms with van der Waals surface area (Å²) in [6.45, 7) is 1.69. The standard InChI is InChI=1S/C19H20ClNO3S/c1-21(13-14-6-7-16-17(12-14)24-10-9-23-16)19(22)8-11-25-18-5-3-2-4-15(18)20/h2-7,12H,8-11,13H2,1H3. The van der Waals surface area contributed by atoms with Gasteiger partial charge in [0.15, 0.2) is 11.5 Å². The summed E-state index contributed by atoms with van der Waals surface area (Å²) in [5, 5.41) is 0.726. The van der Waals surface area contributed by atoms with E-state index in [1.54, 1.807) is 16.7 Å². The molecule has 3 rings (SSSR count). The number of halogens is 1. The van der Waals surface area contributed by atoms with Gasteiger partial charge in [0.2, 0.25) is 5.91 Å². The van der Waals surface area contributed by atoms with Crippen LogP contribution in [0.4, 0.5) is 0 Å². The lowest BCUT2D eigenvalue weighted by atomic mass is 10.2. The highest BCUT2D eigenvalue weighted by atomic mass is 35.5. The van der Waals surface area contributed by atoms with Gasteiger partial charge in [-0.2, -0.15) is 0 Å². The molecule has 0 aliphatic carbocycles. The molecule has 0 fully saturated rings. The minimum atomic E-state index is 0.106. The average Bonchev–Trinajstić information content (AvgIpc) is 2.63. The number of hydrogen-bond acceptors (Lipinski definition) is 4. The zero-order valence-electron chi connectivity index (χ0n) is 14.0. The first-order chi connectivity index (χ1) is 12.1. The predicted molar refractivity (Wildman–Crippen MR) is 101 cm³/mol. The number of carbonyl (C=O) groups is 1. The van der Waals surface area contributed by atoms with Crippen molar-refractivity contribution < 1.29 is 14.3 Å². The maximum absolute atomic E-state index is 12.3. The average molecular weight is 378 g/mol. The van der Waals surface area contributed by atoms with E-state index in [9.17, 15) is 4.79 Å². The summed E-state index contributed by atoms with van der Waals surface area (Å²) in [5.41, 5.74) is 1.03. The summed E-state index contributed by atoms with van der Waals surface area (Å²) in [6.07, 6.45) is 0.469. The largest absolute Gasteiger partial charge is 0.486 e. The molecule has 1 heterocycles. The quantitative estimate of drug-likeness (QED) is 0.705. The maximum atomic E-state index is 12.3. The Morgan fingerprint density at radius 1 is 1.16 bits per heavy atom.